The molecule has 1 aliphatic rings. The van der Waals surface area contributed by atoms with Crippen molar-refractivity contribution in [2.75, 3.05) is 13.1 Å². The molecule has 3 N–H and O–H groups in total. The summed E-state index contributed by atoms with van der Waals surface area (Å²) < 4.78 is 0. The molecule has 1 fully saturated rings. The van der Waals surface area contributed by atoms with Crippen molar-refractivity contribution in [1.82, 2.24) is 10.3 Å². The van der Waals surface area contributed by atoms with E-state index in [1.54, 1.807) is 0 Å². The van der Waals surface area contributed by atoms with Crippen LogP contribution in [0, 0.1) is 5.92 Å². The van der Waals surface area contributed by atoms with E-state index >= 15 is 0 Å². The van der Waals surface area contributed by atoms with Crippen LogP contribution in [0.5, 0.6) is 0 Å². The fourth-order valence-electron chi connectivity index (χ4n) is 1.65. The molecule has 4 heteroatoms. The van der Waals surface area contributed by atoms with E-state index in [-0.39, 0.29) is 5.91 Å². The lowest BCUT2D eigenvalue weighted by molar-refractivity contribution is -0.121. The molecule has 0 unspecified atom stereocenters. The van der Waals surface area contributed by atoms with Gasteiger partial charge in [-0.05, 0) is 18.8 Å². The second kappa shape index (κ2) is 5.32. The average Bonchev–Trinajstić information content (AvgIpc) is 2.94. The molecule has 0 atom stereocenters. The maximum Gasteiger partial charge on any atom is 0.235 e. The summed E-state index contributed by atoms with van der Waals surface area (Å²) in [7, 11) is 0. The quantitative estimate of drug-likeness (QED) is 0.372. The molecule has 0 spiro atoms. The Labute approximate surface area is 85.8 Å². The molecule has 0 aromatic heterocycles. The number of hydrogen-bond donors (Lipinski definition) is 2. The number of hydrazine groups is 1. The number of carbonyl (C=O) groups is 1. The molecule has 1 rings (SSSR count). The standard InChI is InChI=1S/C10H21N3O/c1-8(2)7-13(9-3-4-9)6-5-10(14)12-11/h8-9H,3-7,11H2,1-2H3,(H,12,14). The number of nitrogens with zero attached hydrogens (tertiary/aromatic N) is 1. The normalized spacial score (nSPS) is 16.4. The van der Waals surface area contributed by atoms with E-state index in [2.05, 4.69) is 24.2 Å². The summed E-state index contributed by atoms with van der Waals surface area (Å²) in [6.07, 6.45) is 3.09. The molecule has 0 heterocycles. The monoisotopic (exact) mass is 199 g/mol. The fourth-order valence-corrected chi connectivity index (χ4v) is 1.65. The van der Waals surface area contributed by atoms with Crippen molar-refractivity contribution in [3.8, 4) is 0 Å². The van der Waals surface area contributed by atoms with Crippen molar-refractivity contribution in [1.29, 1.82) is 0 Å². The van der Waals surface area contributed by atoms with Crippen molar-refractivity contribution in [3.05, 3.63) is 0 Å². The van der Waals surface area contributed by atoms with Crippen molar-refractivity contribution in [3.63, 3.8) is 0 Å². The highest BCUT2D eigenvalue weighted by molar-refractivity contribution is 5.75. The minimum atomic E-state index is -0.0700. The van der Waals surface area contributed by atoms with E-state index in [4.69, 9.17) is 5.84 Å². The van der Waals surface area contributed by atoms with E-state index in [9.17, 15) is 4.79 Å². The van der Waals surface area contributed by atoms with E-state index in [0.717, 1.165) is 19.1 Å². The zero-order valence-electron chi connectivity index (χ0n) is 9.12. The van der Waals surface area contributed by atoms with Gasteiger partial charge in [0.15, 0.2) is 0 Å². The summed E-state index contributed by atoms with van der Waals surface area (Å²) in [5.41, 5.74) is 2.17. The Kier molecular flexibility index (Phi) is 4.35. The van der Waals surface area contributed by atoms with E-state index in [0.29, 0.717) is 12.3 Å². The summed E-state index contributed by atoms with van der Waals surface area (Å²) in [5.74, 6) is 5.63. The molecule has 0 aromatic carbocycles. The van der Waals surface area contributed by atoms with Crippen LogP contribution >= 0.6 is 0 Å². The second-order valence-electron chi connectivity index (χ2n) is 4.44. The van der Waals surface area contributed by atoms with Crippen LogP contribution in [0.3, 0.4) is 0 Å². The summed E-state index contributed by atoms with van der Waals surface area (Å²) >= 11 is 0. The second-order valence-corrected chi connectivity index (χ2v) is 4.44. The number of nitrogens with two attached hydrogens (primary N) is 1. The van der Waals surface area contributed by atoms with Crippen molar-refractivity contribution >= 4 is 5.91 Å². The zero-order valence-corrected chi connectivity index (χ0v) is 9.12. The maximum atomic E-state index is 11.0. The van der Waals surface area contributed by atoms with Crippen LogP contribution < -0.4 is 11.3 Å². The molecule has 0 saturated heterocycles. The van der Waals surface area contributed by atoms with Crippen LogP contribution in [0.2, 0.25) is 0 Å². The summed E-state index contributed by atoms with van der Waals surface area (Å²) in [6.45, 7) is 6.34. The van der Waals surface area contributed by atoms with Gasteiger partial charge in [0.25, 0.3) is 0 Å². The number of carbonyl (C=O) groups excluding carboxylic acids is 1. The number of rotatable bonds is 6. The number of amides is 1. The summed E-state index contributed by atoms with van der Waals surface area (Å²) in [6, 6.07) is 0.725. The Bertz CT molecular complexity index is 190. The highest BCUT2D eigenvalue weighted by Gasteiger charge is 2.29. The minimum Gasteiger partial charge on any atom is -0.300 e. The fraction of sp³-hybridized carbons (Fsp3) is 0.900. The Hall–Kier alpha value is -0.610. The third kappa shape index (κ3) is 4.07. The third-order valence-corrected chi connectivity index (χ3v) is 2.45. The highest BCUT2D eigenvalue weighted by Crippen LogP contribution is 2.27. The first-order valence-electron chi connectivity index (χ1n) is 5.37. The van der Waals surface area contributed by atoms with Crippen LogP contribution in [0.4, 0.5) is 0 Å². The molecular formula is C10H21N3O. The first-order chi connectivity index (χ1) is 6.63. The highest BCUT2D eigenvalue weighted by atomic mass is 16.2. The zero-order chi connectivity index (χ0) is 10.6. The van der Waals surface area contributed by atoms with Crippen LogP contribution in [-0.2, 0) is 4.79 Å². The van der Waals surface area contributed by atoms with Crippen molar-refractivity contribution in [2.45, 2.75) is 39.2 Å². The van der Waals surface area contributed by atoms with Crippen molar-refractivity contribution in [2.24, 2.45) is 11.8 Å². The topological polar surface area (TPSA) is 58.4 Å². The molecular weight excluding hydrogens is 178 g/mol. The minimum absolute atomic E-state index is 0.0700. The number of nitrogens with one attached hydrogen (secondary N) is 1. The van der Waals surface area contributed by atoms with Gasteiger partial charge in [0.1, 0.15) is 0 Å². The molecule has 14 heavy (non-hydrogen) atoms. The van der Waals surface area contributed by atoms with Gasteiger partial charge in [-0.25, -0.2) is 5.84 Å². The smallest absolute Gasteiger partial charge is 0.235 e. The first kappa shape index (κ1) is 11.5. The first-order valence-corrected chi connectivity index (χ1v) is 5.37. The van der Waals surface area contributed by atoms with Gasteiger partial charge >= 0.3 is 0 Å². The molecule has 1 saturated carbocycles. The van der Waals surface area contributed by atoms with Crippen LogP contribution in [-0.4, -0.2) is 29.9 Å². The maximum absolute atomic E-state index is 11.0. The Morgan fingerprint density at radius 1 is 1.57 bits per heavy atom. The Morgan fingerprint density at radius 3 is 2.64 bits per heavy atom. The van der Waals surface area contributed by atoms with E-state index in [1.807, 2.05) is 0 Å². The van der Waals surface area contributed by atoms with Crippen LogP contribution in [0.1, 0.15) is 33.1 Å². The largest absolute Gasteiger partial charge is 0.300 e. The molecule has 82 valence electrons. The molecule has 1 amide bonds. The molecule has 0 radical (unpaired) electrons. The molecule has 1 aliphatic carbocycles. The van der Waals surface area contributed by atoms with E-state index < -0.39 is 0 Å². The lowest BCUT2D eigenvalue weighted by Crippen LogP contribution is -2.36. The SMILES string of the molecule is CC(C)CN(CCC(=O)NN)C1CC1. The van der Waals surface area contributed by atoms with Gasteiger partial charge in [0.2, 0.25) is 5.91 Å². The lowest BCUT2D eigenvalue weighted by atomic mass is 10.2. The molecule has 0 bridgehead atoms. The number of hydrogen-bond acceptors (Lipinski definition) is 3. The van der Waals surface area contributed by atoms with Crippen molar-refractivity contribution < 1.29 is 4.79 Å². The van der Waals surface area contributed by atoms with Gasteiger partial charge in [-0.15, -0.1) is 0 Å². The lowest BCUT2D eigenvalue weighted by Gasteiger charge is -2.23. The Morgan fingerprint density at radius 2 is 2.21 bits per heavy atom. The molecule has 0 aliphatic heterocycles. The predicted molar refractivity (Wildman–Crippen MR) is 56.4 cm³/mol. The van der Waals surface area contributed by atoms with Gasteiger partial charge in [0.05, 0.1) is 0 Å². The van der Waals surface area contributed by atoms with Gasteiger partial charge in [-0.2, -0.15) is 0 Å². The van der Waals surface area contributed by atoms with Gasteiger partial charge < -0.3 is 0 Å². The van der Waals surface area contributed by atoms with Gasteiger partial charge in [-0.3, -0.25) is 15.1 Å². The Balaban J connectivity index is 2.24. The van der Waals surface area contributed by atoms with E-state index in [1.165, 1.54) is 12.8 Å². The summed E-state index contributed by atoms with van der Waals surface area (Å²) in [5, 5.41) is 0. The average molecular weight is 199 g/mol. The summed E-state index contributed by atoms with van der Waals surface area (Å²) in [4.78, 5) is 13.4. The third-order valence-electron chi connectivity index (χ3n) is 2.45. The van der Waals surface area contributed by atoms with Crippen LogP contribution in [0.15, 0.2) is 0 Å². The predicted octanol–water partition coefficient (Wildman–Crippen LogP) is 0.487. The van der Waals surface area contributed by atoms with Gasteiger partial charge in [0, 0.05) is 25.6 Å². The molecule has 0 aromatic rings. The van der Waals surface area contributed by atoms with Crippen LogP contribution in [0.25, 0.3) is 0 Å². The van der Waals surface area contributed by atoms with Gasteiger partial charge in [-0.1, -0.05) is 13.8 Å². The molecule has 4 nitrogen and oxygen atoms in total.